The Balaban J connectivity index is 1.27. The van der Waals surface area contributed by atoms with Gasteiger partial charge in [0.2, 0.25) is 10.0 Å². The molecule has 1 atom stereocenters. The van der Waals surface area contributed by atoms with Crippen LogP contribution in [-0.2, 0) is 23.1 Å². The molecule has 1 fully saturated rings. The first-order valence-electron chi connectivity index (χ1n) is 11.7. The molecule has 0 radical (unpaired) electrons. The maximum atomic E-state index is 12.9. The van der Waals surface area contributed by atoms with Crippen LogP contribution in [0.25, 0.3) is 0 Å². The van der Waals surface area contributed by atoms with Gasteiger partial charge in [-0.1, -0.05) is 41.4 Å². The summed E-state index contributed by atoms with van der Waals surface area (Å²) in [5.74, 6) is 0.0483. The van der Waals surface area contributed by atoms with Crippen molar-refractivity contribution in [2.75, 3.05) is 19.6 Å². The summed E-state index contributed by atoms with van der Waals surface area (Å²) in [7, 11) is -3.59. The molecule has 1 aromatic heterocycles. The molecular formula is C26H30ClN3O3S2. The highest BCUT2D eigenvalue weighted by Gasteiger charge is 2.23. The zero-order valence-corrected chi connectivity index (χ0v) is 22.1. The molecule has 186 valence electrons. The molecule has 2 N–H and O–H groups in total. The van der Waals surface area contributed by atoms with E-state index in [1.54, 1.807) is 36.4 Å². The zero-order valence-electron chi connectivity index (χ0n) is 19.7. The topological polar surface area (TPSA) is 78.5 Å². The number of piperidine rings is 1. The molecule has 0 bridgehead atoms. The average molecular weight is 532 g/mol. The van der Waals surface area contributed by atoms with Gasteiger partial charge in [-0.25, -0.2) is 13.1 Å². The number of nitrogens with one attached hydrogen (secondary N) is 2. The maximum absolute atomic E-state index is 12.9. The van der Waals surface area contributed by atoms with Crippen LogP contribution in [0.4, 0.5) is 0 Å². The first-order valence-corrected chi connectivity index (χ1v) is 14.4. The molecule has 6 nitrogen and oxygen atoms in total. The summed E-state index contributed by atoms with van der Waals surface area (Å²) >= 11 is 7.03. The van der Waals surface area contributed by atoms with Crippen LogP contribution in [-0.4, -0.2) is 38.9 Å². The monoisotopic (exact) mass is 531 g/mol. The summed E-state index contributed by atoms with van der Waals surface area (Å²) in [6.07, 6.45) is 2.08. The summed E-state index contributed by atoms with van der Waals surface area (Å²) in [6.45, 7) is 5.57. The molecule has 0 spiro atoms. The van der Waals surface area contributed by atoms with Gasteiger partial charge in [0.1, 0.15) is 4.21 Å². The minimum absolute atomic E-state index is 0.231. The third-order valence-electron chi connectivity index (χ3n) is 6.12. The fourth-order valence-electron chi connectivity index (χ4n) is 4.18. The van der Waals surface area contributed by atoms with Crippen molar-refractivity contribution in [2.24, 2.45) is 5.92 Å². The molecular weight excluding hydrogens is 502 g/mol. The normalized spacial score (nSPS) is 16.8. The molecule has 35 heavy (non-hydrogen) atoms. The van der Waals surface area contributed by atoms with Crippen molar-refractivity contribution in [3.8, 4) is 0 Å². The first-order chi connectivity index (χ1) is 16.8. The van der Waals surface area contributed by atoms with Crippen LogP contribution in [0.1, 0.15) is 39.2 Å². The highest BCUT2D eigenvalue weighted by Crippen LogP contribution is 2.23. The molecule has 9 heteroatoms. The number of hydrogen-bond donors (Lipinski definition) is 2. The van der Waals surface area contributed by atoms with E-state index in [9.17, 15) is 13.2 Å². The lowest BCUT2D eigenvalue weighted by Crippen LogP contribution is -2.40. The Kier molecular flexibility index (Phi) is 8.62. The number of benzene rings is 2. The molecule has 1 aliphatic rings. The van der Waals surface area contributed by atoms with Crippen LogP contribution >= 0.6 is 22.9 Å². The first kappa shape index (κ1) is 25.9. The van der Waals surface area contributed by atoms with Crippen molar-refractivity contribution >= 4 is 38.9 Å². The number of aryl methyl sites for hydroxylation is 1. The van der Waals surface area contributed by atoms with E-state index in [0.717, 1.165) is 37.4 Å². The Morgan fingerprint density at radius 3 is 2.57 bits per heavy atom. The summed E-state index contributed by atoms with van der Waals surface area (Å²) in [6, 6.07) is 18.5. The van der Waals surface area contributed by atoms with Gasteiger partial charge < -0.3 is 5.32 Å². The molecule has 1 unspecified atom stereocenters. The van der Waals surface area contributed by atoms with Crippen molar-refractivity contribution < 1.29 is 13.2 Å². The lowest BCUT2D eigenvalue weighted by Gasteiger charge is -2.32. The molecule has 0 aliphatic carbocycles. The van der Waals surface area contributed by atoms with Gasteiger partial charge in [0.05, 0.1) is 6.54 Å². The molecule has 4 rings (SSSR count). The van der Waals surface area contributed by atoms with Crippen LogP contribution in [0, 0.1) is 12.8 Å². The fraction of sp³-hybridized carbons (Fsp3) is 0.346. The summed E-state index contributed by atoms with van der Waals surface area (Å²) in [5.41, 5.74) is 3.04. The standard InChI is InChI=1S/C26H30ClN3O3S2/c1-19-4-6-20(7-5-19)17-30-14-2-3-21(18-30)15-29-35(32,33)25-13-12-24(34-25)16-28-26(31)22-8-10-23(27)11-9-22/h4-13,21,29H,2-3,14-18H2,1H3,(H,28,31). The van der Waals surface area contributed by atoms with Gasteiger partial charge in [0, 0.05) is 35.1 Å². The van der Waals surface area contributed by atoms with E-state index in [2.05, 4.69) is 46.1 Å². The highest BCUT2D eigenvalue weighted by molar-refractivity contribution is 7.91. The number of nitrogens with zero attached hydrogens (tertiary/aromatic N) is 1. The van der Waals surface area contributed by atoms with E-state index in [1.165, 1.54) is 22.5 Å². The molecule has 0 saturated carbocycles. The Bertz CT molecular complexity index is 1240. The number of likely N-dealkylation sites (tertiary alicyclic amines) is 1. The molecule has 1 amide bonds. The number of sulfonamides is 1. The van der Waals surface area contributed by atoms with Gasteiger partial charge in [-0.3, -0.25) is 9.69 Å². The average Bonchev–Trinajstić information content (AvgIpc) is 3.34. The third-order valence-corrected chi connectivity index (χ3v) is 9.38. The van der Waals surface area contributed by atoms with Gasteiger partial charge >= 0.3 is 0 Å². The van der Waals surface area contributed by atoms with Crippen LogP contribution in [0.2, 0.25) is 5.02 Å². The van der Waals surface area contributed by atoms with E-state index >= 15 is 0 Å². The number of carbonyl (C=O) groups excluding carboxylic acids is 1. The Hall–Kier alpha value is -2.23. The molecule has 2 aromatic carbocycles. The van der Waals surface area contributed by atoms with Crippen LogP contribution < -0.4 is 10.0 Å². The number of halogens is 1. The van der Waals surface area contributed by atoms with E-state index in [4.69, 9.17) is 11.6 Å². The van der Waals surface area contributed by atoms with E-state index in [-0.39, 0.29) is 22.6 Å². The predicted octanol–water partition coefficient (Wildman–Crippen LogP) is 4.83. The second kappa shape index (κ2) is 11.7. The van der Waals surface area contributed by atoms with E-state index < -0.39 is 10.0 Å². The number of thiophene rings is 1. The smallest absolute Gasteiger partial charge is 0.251 e. The molecule has 1 saturated heterocycles. The second-order valence-electron chi connectivity index (χ2n) is 8.99. The van der Waals surface area contributed by atoms with Crippen molar-refractivity contribution in [1.29, 1.82) is 0 Å². The Morgan fingerprint density at radius 2 is 1.83 bits per heavy atom. The highest BCUT2D eigenvalue weighted by atomic mass is 35.5. The fourth-order valence-corrected chi connectivity index (χ4v) is 6.76. The Labute approximate surface area is 216 Å². The molecule has 1 aliphatic heterocycles. The maximum Gasteiger partial charge on any atom is 0.251 e. The van der Waals surface area contributed by atoms with E-state index in [1.807, 2.05) is 0 Å². The Morgan fingerprint density at radius 1 is 1.09 bits per heavy atom. The number of amides is 1. The van der Waals surface area contributed by atoms with Crippen molar-refractivity contribution in [2.45, 2.75) is 37.1 Å². The van der Waals surface area contributed by atoms with E-state index in [0.29, 0.717) is 17.1 Å². The summed E-state index contributed by atoms with van der Waals surface area (Å²) in [4.78, 5) is 15.5. The van der Waals surface area contributed by atoms with Gasteiger partial charge in [-0.15, -0.1) is 11.3 Å². The van der Waals surface area contributed by atoms with Crippen LogP contribution in [0.3, 0.4) is 0 Å². The zero-order chi connectivity index (χ0) is 24.8. The summed E-state index contributed by atoms with van der Waals surface area (Å²) < 4.78 is 28.8. The van der Waals surface area contributed by atoms with Crippen molar-refractivity contribution in [3.05, 3.63) is 87.3 Å². The molecule has 3 aromatic rings. The number of rotatable bonds is 9. The van der Waals surface area contributed by atoms with Crippen molar-refractivity contribution in [3.63, 3.8) is 0 Å². The minimum atomic E-state index is -3.59. The van der Waals surface area contributed by atoms with Crippen LogP contribution in [0.5, 0.6) is 0 Å². The minimum Gasteiger partial charge on any atom is -0.347 e. The second-order valence-corrected chi connectivity index (χ2v) is 12.6. The number of carbonyl (C=O) groups is 1. The quantitative estimate of drug-likeness (QED) is 0.414. The predicted molar refractivity (Wildman–Crippen MR) is 141 cm³/mol. The summed E-state index contributed by atoms with van der Waals surface area (Å²) in [5, 5.41) is 3.38. The van der Waals surface area contributed by atoms with Crippen molar-refractivity contribution in [1.82, 2.24) is 14.9 Å². The van der Waals surface area contributed by atoms with Crippen LogP contribution in [0.15, 0.2) is 64.9 Å². The van der Waals surface area contributed by atoms with Gasteiger partial charge in [-0.2, -0.15) is 0 Å². The molecule has 2 heterocycles. The lowest BCUT2D eigenvalue weighted by molar-refractivity contribution is 0.0951. The lowest BCUT2D eigenvalue weighted by atomic mass is 9.98. The largest absolute Gasteiger partial charge is 0.347 e. The third kappa shape index (κ3) is 7.38. The van der Waals surface area contributed by atoms with Gasteiger partial charge in [-0.05, 0) is 74.2 Å². The number of hydrogen-bond acceptors (Lipinski definition) is 5. The van der Waals surface area contributed by atoms with Gasteiger partial charge in [0.15, 0.2) is 0 Å². The SMILES string of the molecule is Cc1ccc(CN2CCCC(CNS(=O)(=O)c3ccc(CNC(=O)c4ccc(Cl)cc4)s3)C2)cc1. The van der Waals surface area contributed by atoms with Gasteiger partial charge in [0.25, 0.3) is 5.91 Å².